The van der Waals surface area contributed by atoms with E-state index in [4.69, 9.17) is 10.5 Å². The molecule has 0 bridgehead atoms. The number of hydrogen-bond donors (Lipinski definition) is 1. The normalized spacial score (nSPS) is 14.4. The van der Waals surface area contributed by atoms with Crippen molar-refractivity contribution >= 4 is 5.91 Å². The van der Waals surface area contributed by atoms with E-state index in [1.165, 1.54) is 12.8 Å². The Kier molecular flexibility index (Phi) is 4.87. The molecule has 19 heavy (non-hydrogen) atoms. The number of hydrogen-bond acceptors (Lipinski definition) is 4. The number of pyridine rings is 1. The predicted molar refractivity (Wildman–Crippen MR) is 72.6 cm³/mol. The molecule has 104 valence electrons. The summed E-state index contributed by atoms with van der Waals surface area (Å²) >= 11 is 0. The Morgan fingerprint density at radius 3 is 3.05 bits per heavy atom. The lowest BCUT2D eigenvalue weighted by Crippen LogP contribution is -2.30. The van der Waals surface area contributed by atoms with Crippen molar-refractivity contribution in [1.82, 2.24) is 9.88 Å². The summed E-state index contributed by atoms with van der Waals surface area (Å²) in [5.74, 6) is 0.737. The highest BCUT2D eigenvalue weighted by molar-refractivity contribution is 5.94. The number of rotatable bonds is 7. The second-order valence-electron chi connectivity index (χ2n) is 4.98. The Morgan fingerprint density at radius 2 is 2.37 bits per heavy atom. The van der Waals surface area contributed by atoms with Crippen LogP contribution < -0.4 is 5.73 Å². The highest BCUT2D eigenvalue weighted by Gasteiger charge is 2.21. The van der Waals surface area contributed by atoms with Gasteiger partial charge in [-0.1, -0.05) is 0 Å². The van der Waals surface area contributed by atoms with Gasteiger partial charge >= 0.3 is 0 Å². The van der Waals surface area contributed by atoms with Gasteiger partial charge in [-0.3, -0.25) is 9.78 Å². The van der Waals surface area contributed by atoms with E-state index in [9.17, 15) is 4.79 Å². The van der Waals surface area contributed by atoms with Crippen molar-refractivity contribution in [2.24, 2.45) is 11.7 Å². The van der Waals surface area contributed by atoms with Crippen LogP contribution in [0, 0.1) is 5.92 Å². The number of carbonyl (C=O) groups excluding carboxylic acids is 1. The van der Waals surface area contributed by atoms with E-state index in [-0.39, 0.29) is 5.91 Å². The maximum absolute atomic E-state index is 12.2. The molecule has 1 aliphatic carbocycles. The zero-order chi connectivity index (χ0) is 13.7. The summed E-state index contributed by atoms with van der Waals surface area (Å²) in [6.45, 7) is 2.36. The van der Waals surface area contributed by atoms with Crippen molar-refractivity contribution in [2.75, 3.05) is 26.8 Å². The van der Waals surface area contributed by atoms with Crippen LogP contribution in [0.1, 0.15) is 28.9 Å². The van der Waals surface area contributed by atoms with Crippen molar-refractivity contribution in [1.29, 1.82) is 0 Å². The Bertz CT molecular complexity index is 432. The largest absolute Gasteiger partial charge is 0.379 e. The quantitative estimate of drug-likeness (QED) is 0.746. The van der Waals surface area contributed by atoms with E-state index in [1.807, 2.05) is 0 Å². The molecule has 0 saturated heterocycles. The number of nitrogens with zero attached hydrogens (tertiary/aromatic N) is 2. The number of carbonyl (C=O) groups is 1. The maximum Gasteiger partial charge on any atom is 0.253 e. The van der Waals surface area contributed by atoms with Crippen LogP contribution in [0.15, 0.2) is 18.3 Å². The standard InChI is InChI=1S/C14H21N3O2/c1-17(6-7-19-10-11-2-3-11)14(18)12-4-5-16-13(8-12)9-15/h4-5,8,11H,2-3,6-7,9-10,15H2,1H3. The van der Waals surface area contributed by atoms with Crippen molar-refractivity contribution in [3.8, 4) is 0 Å². The molecule has 0 spiro atoms. The lowest BCUT2D eigenvalue weighted by molar-refractivity contribution is 0.0681. The summed E-state index contributed by atoms with van der Waals surface area (Å²) < 4.78 is 5.53. The zero-order valence-electron chi connectivity index (χ0n) is 11.3. The van der Waals surface area contributed by atoms with Crippen LogP contribution in [-0.4, -0.2) is 42.6 Å². The van der Waals surface area contributed by atoms with E-state index >= 15 is 0 Å². The maximum atomic E-state index is 12.2. The van der Waals surface area contributed by atoms with E-state index in [0.29, 0.717) is 25.3 Å². The van der Waals surface area contributed by atoms with Crippen LogP contribution >= 0.6 is 0 Å². The molecule has 1 amide bonds. The Hall–Kier alpha value is -1.46. The van der Waals surface area contributed by atoms with Gasteiger partial charge in [0.05, 0.1) is 12.3 Å². The van der Waals surface area contributed by atoms with Crippen LogP contribution in [0.3, 0.4) is 0 Å². The first-order chi connectivity index (χ1) is 9.20. The minimum Gasteiger partial charge on any atom is -0.379 e. The Morgan fingerprint density at radius 1 is 1.58 bits per heavy atom. The van der Waals surface area contributed by atoms with Crippen LogP contribution in [0.25, 0.3) is 0 Å². The molecule has 1 aromatic heterocycles. The molecular weight excluding hydrogens is 242 g/mol. The zero-order valence-corrected chi connectivity index (χ0v) is 11.3. The van der Waals surface area contributed by atoms with Crippen LogP contribution in [0.5, 0.6) is 0 Å². The molecular formula is C14H21N3O2. The van der Waals surface area contributed by atoms with Crippen molar-refractivity contribution in [2.45, 2.75) is 19.4 Å². The van der Waals surface area contributed by atoms with Crippen molar-refractivity contribution in [3.05, 3.63) is 29.6 Å². The number of aromatic nitrogens is 1. The van der Waals surface area contributed by atoms with E-state index < -0.39 is 0 Å². The smallest absolute Gasteiger partial charge is 0.253 e. The molecule has 1 fully saturated rings. The Balaban J connectivity index is 1.79. The van der Waals surface area contributed by atoms with Gasteiger partial charge in [-0.25, -0.2) is 0 Å². The van der Waals surface area contributed by atoms with Crippen LogP contribution in [-0.2, 0) is 11.3 Å². The average molecular weight is 263 g/mol. The van der Waals surface area contributed by atoms with Crippen LogP contribution in [0.2, 0.25) is 0 Å². The molecule has 1 aromatic rings. The summed E-state index contributed by atoms with van der Waals surface area (Å²) in [5.41, 5.74) is 6.87. The fraction of sp³-hybridized carbons (Fsp3) is 0.571. The fourth-order valence-electron chi connectivity index (χ4n) is 1.78. The Labute approximate surface area is 113 Å². The summed E-state index contributed by atoms with van der Waals surface area (Å²) in [5, 5.41) is 0. The molecule has 0 aromatic carbocycles. The predicted octanol–water partition coefficient (Wildman–Crippen LogP) is 1.04. The molecule has 0 aliphatic heterocycles. The highest BCUT2D eigenvalue weighted by Crippen LogP contribution is 2.28. The third kappa shape index (κ3) is 4.29. The highest BCUT2D eigenvalue weighted by atomic mass is 16.5. The van der Waals surface area contributed by atoms with Gasteiger partial charge in [0.2, 0.25) is 0 Å². The molecule has 1 saturated carbocycles. The number of likely N-dealkylation sites (N-methyl/N-ethyl adjacent to an activating group) is 1. The van der Waals surface area contributed by atoms with Crippen molar-refractivity contribution in [3.63, 3.8) is 0 Å². The third-order valence-electron chi connectivity index (χ3n) is 3.24. The average Bonchev–Trinajstić information content (AvgIpc) is 3.26. The topological polar surface area (TPSA) is 68.5 Å². The van der Waals surface area contributed by atoms with Gasteiger partial charge in [0.1, 0.15) is 0 Å². The second-order valence-corrected chi connectivity index (χ2v) is 4.98. The van der Waals surface area contributed by atoms with E-state index in [1.54, 1.807) is 30.3 Å². The van der Waals surface area contributed by atoms with Gasteiger partial charge in [-0.15, -0.1) is 0 Å². The van der Waals surface area contributed by atoms with E-state index in [0.717, 1.165) is 18.2 Å². The second kappa shape index (κ2) is 6.63. The molecule has 0 atom stereocenters. The number of amides is 1. The van der Waals surface area contributed by atoms with E-state index in [2.05, 4.69) is 4.98 Å². The summed E-state index contributed by atoms with van der Waals surface area (Å²) in [6, 6.07) is 3.45. The van der Waals surface area contributed by atoms with Gasteiger partial charge in [-0.05, 0) is 30.9 Å². The number of ether oxygens (including phenoxy) is 1. The van der Waals surface area contributed by atoms with Gasteiger partial charge in [0.25, 0.3) is 5.91 Å². The molecule has 5 heteroatoms. The van der Waals surface area contributed by atoms with Gasteiger partial charge < -0.3 is 15.4 Å². The van der Waals surface area contributed by atoms with Crippen molar-refractivity contribution < 1.29 is 9.53 Å². The minimum absolute atomic E-state index is 0.0212. The molecule has 1 heterocycles. The lowest BCUT2D eigenvalue weighted by atomic mass is 10.2. The first-order valence-electron chi connectivity index (χ1n) is 6.69. The molecule has 0 unspecified atom stereocenters. The molecule has 1 aliphatic rings. The van der Waals surface area contributed by atoms with Crippen LogP contribution in [0.4, 0.5) is 0 Å². The summed E-state index contributed by atoms with van der Waals surface area (Å²) in [4.78, 5) is 17.9. The monoisotopic (exact) mass is 263 g/mol. The first-order valence-corrected chi connectivity index (χ1v) is 6.69. The molecule has 2 N–H and O–H groups in total. The molecule has 0 radical (unpaired) electrons. The molecule has 5 nitrogen and oxygen atoms in total. The summed E-state index contributed by atoms with van der Waals surface area (Å²) in [6.07, 6.45) is 4.19. The number of nitrogens with two attached hydrogens (primary N) is 1. The SMILES string of the molecule is CN(CCOCC1CC1)C(=O)c1ccnc(CN)c1. The summed E-state index contributed by atoms with van der Waals surface area (Å²) in [7, 11) is 1.78. The lowest BCUT2D eigenvalue weighted by Gasteiger charge is -2.17. The fourth-order valence-corrected chi connectivity index (χ4v) is 1.78. The third-order valence-corrected chi connectivity index (χ3v) is 3.24. The van der Waals surface area contributed by atoms with Gasteiger partial charge in [0, 0.05) is 38.5 Å². The molecule has 2 rings (SSSR count). The van der Waals surface area contributed by atoms with Gasteiger partial charge in [-0.2, -0.15) is 0 Å². The minimum atomic E-state index is -0.0212. The first kappa shape index (κ1) is 14.0. The van der Waals surface area contributed by atoms with Gasteiger partial charge in [0.15, 0.2) is 0 Å².